The highest BCUT2D eigenvalue weighted by Crippen LogP contribution is 2.32. The van der Waals surface area contributed by atoms with Crippen molar-refractivity contribution >= 4 is 42.0 Å². The van der Waals surface area contributed by atoms with Crippen molar-refractivity contribution in [2.24, 2.45) is 0 Å². The lowest BCUT2D eigenvalue weighted by molar-refractivity contribution is -0.138. The van der Waals surface area contributed by atoms with E-state index in [1.165, 1.54) is 0 Å². The lowest BCUT2D eigenvalue weighted by Gasteiger charge is -2.06. The van der Waals surface area contributed by atoms with Crippen LogP contribution in [0.15, 0.2) is 52.9 Å². The topological polar surface area (TPSA) is 164 Å². The molecule has 0 aliphatic carbocycles. The molecule has 4 heterocycles. The van der Waals surface area contributed by atoms with Gasteiger partial charge in [0.2, 0.25) is 0 Å². The monoisotopic (exact) mass is 584 g/mol. The average molecular weight is 585 g/mol. The van der Waals surface area contributed by atoms with Crippen LogP contribution in [-0.4, -0.2) is 43.9 Å². The second-order valence-electron chi connectivity index (χ2n) is 10.7. The number of allylic oxidation sites excluding steroid dienone is 2. The van der Waals surface area contributed by atoms with Gasteiger partial charge in [0, 0.05) is 70.0 Å². The number of hydrogen-bond acceptors (Lipinski definition) is 4. The van der Waals surface area contributed by atoms with E-state index in [0.29, 0.717) is 40.2 Å². The predicted molar refractivity (Wildman–Crippen MR) is 165 cm³/mol. The van der Waals surface area contributed by atoms with Gasteiger partial charge >= 0.3 is 11.9 Å². The number of amides is 2. The van der Waals surface area contributed by atoms with Crippen molar-refractivity contribution in [1.29, 1.82) is 0 Å². The molecule has 0 fully saturated rings. The zero-order valence-corrected chi connectivity index (χ0v) is 24.8. The molecule has 2 aliphatic heterocycles. The molecule has 224 valence electrons. The summed E-state index contributed by atoms with van der Waals surface area (Å²) < 4.78 is 0. The maximum absolute atomic E-state index is 12.4. The summed E-state index contributed by atoms with van der Waals surface area (Å²) in [5.74, 6) is -2.34. The second-order valence-corrected chi connectivity index (χ2v) is 10.7. The first-order valence-corrected chi connectivity index (χ1v) is 13.9. The molecule has 43 heavy (non-hydrogen) atoms. The van der Waals surface area contributed by atoms with Crippen LogP contribution in [0.1, 0.15) is 78.1 Å². The van der Waals surface area contributed by atoms with E-state index >= 15 is 0 Å². The summed E-state index contributed by atoms with van der Waals surface area (Å²) in [6.45, 7) is 15.1. The summed E-state index contributed by atoms with van der Waals surface area (Å²) in [5.41, 5.74) is 10.4. The van der Waals surface area contributed by atoms with Gasteiger partial charge in [-0.1, -0.05) is 25.3 Å². The van der Waals surface area contributed by atoms with Gasteiger partial charge < -0.3 is 30.8 Å². The van der Waals surface area contributed by atoms with Crippen molar-refractivity contribution in [3.63, 3.8) is 0 Å². The van der Waals surface area contributed by atoms with Crippen LogP contribution in [0.3, 0.4) is 0 Å². The Morgan fingerprint density at radius 3 is 1.93 bits per heavy atom. The summed E-state index contributed by atoms with van der Waals surface area (Å²) in [4.78, 5) is 54.3. The summed E-state index contributed by atoms with van der Waals surface area (Å²) in [7, 11) is 0. The predicted octanol–water partition coefficient (Wildman–Crippen LogP) is 4.84. The lowest BCUT2D eigenvalue weighted by Crippen LogP contribution is -2.15. The number of aromatic amines is 2. The third-order valence-corrected chi connectivity index (χ3v) is 8.11. The van der Waals surface area contributed by atoms with E-state index in [1.807, 2.05) is 19.9 Å². The fourth-order valence-electron chi connectivity index (χ4n) is 5.57. The molecular weight excluding hydrogens is 548 g/mol. The minimum absolute atomic E-state index is 0.0778. The van der Waals surface area contributed by atoms with Gasteiger partial charge in [-0.3, -0.25) is 19.2 Å². The minimum Gasteiger partial charge on any atom is -0.481 e. The number of carboxylic acid groups (broad SMARTS) is 2. The number of carbonyl (C=O) groups excluding carboxylic acids is 2. The number of hydrogen-bond donors (Lipinski definition) is 6. The molecule has 0 aromatic carbocycles. The Labute approximate surface area is 249 Å². The van der Waals surface area contributed by atoms with Crippen molar-refractivity contribution in [3.8, 4) is 0 Å². The first kappa shape index (κ1) is 30.8. The van der Waals surface area contributed by atoms with E-state index in [4.69, 9.17) is 0 Å². The average Bonchev–Trinajstić information content (AvgIpc) is 3.59. The van der Waals surface area contributed by atoms with E-state index in [2.05, 4.69) is 33.8 Å². The second kappa shape index (κ2) is 12.4. The molecule has 6 N–H and O–H groups in total. The molecular formula is C33H36N4O6. The molecule has 0 saturated carbocycles. The molecule has 0 atom stereocenters. The summed E-state index contributed by atoms with van der Waals surface area (Å²) in [5, 5.41) is 24.3. The van der Waals surface area contributed by atoms with Crippen LogP contribution in [0.5, 0.6) is 0 Å². The van der Waals surface area contributed by atoms with Crippen molar-refractivity contribution in [2.45, 2.75) is 59.8 Å². The number of carboxylic acids is 2. The normalized spacial score (nSPS) is 16.8. The number of rotatable bonds is 12. The highest BCUT2D eigenvalue weighted by Gasteiger charge is 2.26. The van der Waals surface area contributed by atoms with Gasteiger partial charge in [-0.15, -0.1) is 0 Å². The number of aliphatic carboxylic acids is 2. The van der Waals surface area contributed by atoms with Gasteiger partial charge in [0.1, 0.15) is 0 Å². The molecule has 10 nitrogen and oxygen atoms in total. The lowest BCUT2D eigenvalue weighted by atomic mass is 9.99. The van der Waals surface area contributed by atoms with Crippen molar-refractivity contribution in [1.82, 2.24) is 20.6 Å². The molecule has 0 radical (unpaired) electrons. The first-order chi connectivity index (χ1) is 20.4. The smallest absolute Gasteiger partial charge is 0.303 e. The molecule has 0 spiro atoms. The van der Waals surface area contributed by atoms with Crippen LogP contribution in [0.4, 0.5) is 0 Å². The van der Waals surface area contributed by atoms with Crippen LogP contribution in [0.25, 0.3) is 18.2 Å². The maximum Gasteiger partial charge on any atom is 0.303 e. The fraction of sp³-hybridized carbons (Fsp3) is 0.273. The zero-order valence-electron chi connectivity index (χ0n) is 24.8. The van der Waals surface area contributed by atoms with Crippen LogP contribution in [-0.2, 0) is 32.0 Å². The van der Waals surface area contributed by atoms with Gasteiger partial charge in [-0.25, -0.2) is 0 Å². The highest BCUT2D eigenvalue weighted by atomic mass is 16.4. The Bertz CT molecular complexity index is 1710. The van der Waals surface area contributed by atoms with Gasteiger partial charge in [0.15, 0.2) is 0 Å². The summed E-state index contributed by atoms with van der Waals surface area (Å²) in [6, 6.07) is 0. The fourth-order valence-corrected chi connectivity index (χ4v) is 5.57. The third kappa shape index (κ3) is 6.23. The maximum atomic E-state index is 12.4. The molecule has 4 rings (SSSR count). The Balaban J connectivity index is 1.75. The zero-order chi connectivity index (χ0) is 31.6. The number of H-pyrrole nitrogens is 2. The van der Waals surface area contributed by atoms with Crippen molar-refractivity contribution < 1.29 is 29.4 Å². The number of aromatic nitrogens is 2. The van der Waals surface area contributed by atoms with Crippen LogP contribution in [0.2, 0.25) is 0 Å². The van der Waals surface area contributed by atoms with E-state index < -0.39 is 11.9 Å². The van der Waals surface area contributed by atoms with Gasteiger partial charge in [0.25, 0.3) is 11.8 Å². The minimum atomic E-state index is -0.962. The number of carbonyl (C=O) groups is 4. The Kier molecular flexibility index (Phi) is 8.89. The molecule has 2 aliphatic rings. The van der Waals surface area contributed by atoms with Gasteiger partial charge in [-0.2, -0.15) is 0 Å². The standard InChI is InChI=1S/C33H36N4O6/c1-7-20-16(3)24(34-26(20)14-27-21(8-2)18(5)32(42)36-27)13-25-17(4)22(9-11-30(38)39)28(35-25)15-29-23(10-12-31(40)41)19(6)33(43)37-29/h7-8,14-15,34-35H,1-2,9-13H2,3-6H3,(H,36,42)(H,37,43)(H,38,39)(H,40,41)/b27-14-,29-15-. The number of nitrogens with one attached hydrogen (secondary N) is 4. The SMILES string of the molecule is C=CC1=C(C)C(=O)N/C1=C\c1[nH]c(Cc2[nH]c(/C=C3\NC(=O)C(C)=C3CCC(=O)O)c(CCC(=O)O)c2C)c(C)c1C=C. The van der Waals surface area contributed by atoms with E-state index in [-0.39, 0.29) is 37.5 Å². The Morgan fingerprint density at radius 1 is 0.744 bits per heavy atom. The molecule has 0 bridgehead atoms. The molecule has 2 amide bonds. The molecule has 2 aromatic heterocycles. The van der Waals surface area contributed by atoms with Crippen molar-refractivity contribution in [3.05, 3.63) is 97.9 Å². The van der Waals surface area contributed by atoms with Crippen LogP contribution < -0.4 is 10.6 Å². The largest absolute Gasteiger partial charge is 0.481 e. The Hall–Kier alpha value is -5.12. The Morgan fingerprint density at radius 2 is 1.30 bits per heavy atom. The molecule has 0 saturated heterocycles. The summed E-state index contributed by atoms with van der Waals surface area (Å²) >= 11 is 0. The highest BCUT2D eigenvalue weighted by molar-refractivity contribution is 6.02. The van der Waals surface area contributed by atoms with Crippen LogP contribution >= 0.6 is 0 Å². The van der Waals surface area contributed by atoms with Gasteiger partial charge in [-0.05, 0) is 75.0 Å². The quantitative estimate of drug-likeness (QED) is 0.209. The molecule has 0 unspecified atom stereocenters. The third-order valence-electron chi connectivity index (χ3n) is 8.11. The molecule has 10 heteroatoms. The first-order valence-electron chi connectivity index (χ1n) is 13.9. The molecule has 2 aromatic rings. The summed E-state index contributed by atoms with van der Waals surface area (Å²) in [6.07, 6.45) is 7.76. The van der Waals surface area contributed by atoms with Crippen LogP contribution in [0, 0.1) is 13.8 Å². The van der Waals surface area contributed by atoms with Crippen molar-refractivity contribution in [2.75, 3.05) is 0 Å². The van der Waals surface area contributed by atoms with Gasteiger partial charge in [0.05, 0.1) is 5.70 Å². The van der Waals surface area contributed by atoms with E-state index in [9.17, 15) is 29.4 Å². The van der Waals surface area contributed by atoms with E-state index in [1.54, 1.807) is 32.1 Å². The van der Waals surface area contributed by atoms with E-state index in [0.717, 1.165) is 44.9 Å².